The molecule has 0 saturated carbocycles. The molecular formula is C12H9O4P. The monoisotopic (exact) mass is 248 g/mol. The lowest BCUT2D eigenvalue weighted by molar-refractivity contribution is 0.331. The predicted octanol–water partition coefficient (Wildman–Crippen LogP) is 3.64. The maximum absolute atomic E-state index is 12.2. The Kier molecular flexibility index (Phi) is 2.30. The minimum absolute atomic E-state index is 0.437. The van der Waals surface area contributed by atoms with E-state index in [1.807, 2.05) is 6.07 Å². The fourth-order valence-electron chi connectivity index (χ4n) is 1.51. The molecule has 0 atom stereocenters. The molecule has 0 radical (unpaired) electrons. The van der Waals surface area contributed by atoms with E-state index in [9.17, 15) is 4.57 Å². The molecule has 0 aliphatic carbocycles. The fourth-order valence-corrected chi connectivity index (χ4v) is 2.78. The molecule has 0 bridgehead atoms. The van der Waals surface area contributed by atoms with Crippen molar-refractivity contribution in [3.8, 4) is 17.2 Å². The standard InChI is InChI=1S/C12H9O4P/c13-17(14-10-6-2-1-3-7-10)15-11-8-4-5-9-12(11)16-17/h1-9H. The van der Waals surface area contributed by atoms with Gasteiger partial charge in [0.25, 0.3) is 0 Å². The van der Waals surface area contributed by atoms with Gasteiger partial charge in [-0.15, -0.1) is 0 Å². The van der Waals surface area contributed by atoms with Gasteiger partial charge in [-0.05, 0) is 24.3 Å². The summed E-state index contributed by atoms with van der Waals surface area (Å²) in [5.41, 5.74) is 0. The molecule has 0 fully saturated rings. The molecule has 86 valence electrons. The average molecular weight is 248 g/mol. The molecule has 0 spiro atoms. The summed E-state index contributed by atoms with van der Waals surface area (Å²) in [6, 6.07) is 15.7. The third-order valence-electron chi connectivity index (χ3n) is 2.23. The van der Waals surface area contributed by atoms with Gasteiger partial charge >= 0.3 is 7.82 Å². The van der Waals surface area contributed by atoms with Crippen LogP contribution in [0, 0.1) is 0 Å². The Hall–Kier alpha value is -1.93. The Bertz CT molecular complexity index is 553. The fraction of sp³-hybridized carbons (Fsp3) is 0. The molecule has 1 aliphatic rings. The van der Waals surface area contributed by atoms with Crippen LogP contribution in [0.25, 0.3) is 0 Å². The first-order chi connectivity index (χ1) is 8.25. The van der Waals surface area contributed by atoms with E-state index in [0.29, 0.717) is 17.2 Å². The van der Waals surface area contributed by atoms with Crippen LogP contribution in [0.4, 0.5) is 0 Å². The van der Waals surface area contributed by atoms with Gasteiger partial charge in [-0.2, -0.15) is 4.57 Å². The van der Waals surface area contributed by atoms with Gasteiger partial charge in [0.15, 0.2) is 11.5 Å². The lowest BCUT2D eigenvalue weighted by atomic mass is 10.3. The van der Waals surface area contributed by atoms with Gasteiger partial charge in [0.1, 0.15) is 5.75 Å². The van der Waals surface area contributed by atoms with E-state index >= 15 is 0 Å². The molecule has 0 saturated heterocycles. The van der Waals surface area contributed by atoms with Crippen molar-refractivity contribution >= 4 is 7.82 Å². The number of fused-ring (bicyclic) bond motifs is 1. The van der Waals surface area contributed by atoms with Crippen molar-refractivity contribution in [1.82, 2.24) is 0 Å². The molecule has 2 aromatic rings. The van der Waals surface area contributed by atoms with Crippen LogP contribution in [-0.2, 0) is 4.57 Å². The van der Waals surface area contributed by atoms with Gasteiger partial charge in [0.2, 0.25) is 0 Å². The van der Waals surface area contributed by atoms with Crippen molar-refractivity contribution in [2.75, 3.05) is 0 Å². The van der Waals surface area contributed by atoms with Gasteiger partial charge in [-0.1, -0.05) is 30.3 Å². The van der Waals surface area contributed by atoms with Gasteiger partial charge in [-0.25, -0.2) is 0 Å². The Balaban J connectivity index is 1.85. The molecule has 1 heterocycles. The SMILES string of the molecule is O=P1(Oc2ccccc2)Oc2ccccc2O1. The summed E-state index contributed by atoms with van der Waals surface area (Å²) in [4.78, 5) is 0. The van der Waals surface area contributed by atoms with Crippen LogP contribution in [0.2, 0.25) is 0 Å². The lowest BCUT2D eigenvalue weighted by Crippen LogP contribution is -2.00. The smallest absolute Gasteiger partial charge is 0.386 e. The highest BCUT2D eigenvalue weighted by Crippen LogP contribution is 2.58. The zero-order valence-corrected chi connectivity index (χ0v) is 9.67. The number of phosphoric ester groups is 1. The molecule has 0 N–H and O–H groups in total. The Morgan fingerprint density at radius 2 is 1.35 bits per heavy atom. The normalized spacial score (nSPS) is 15.5. The van der Waals surface area contributed by atoms with E-state index < -0.39 is 7.82 Å². The van der Waals surface area contributed by atoms with Gasteiger partial charge in [-0.3, -0.25) is 0 Å². The quantitative estimate of drug-likeness (QED) is 0.761. The van der Waals surface area contributed by atoms with Crippen LogP contribution in [0.3, 0.4) is 0 Å². The van der Waals surface area contributed by atoms with E-state index in [-0.39, 0.29) is 0 Å². The summed E-state index contributed by atoms with van der Waals surface area (Å²) >= 11 is 0. The molecule has 17 heavy (non-hydrogen) atoms. The highest BCUT2D eigenvalue weighted by atomic mass is 31.2. The molecule has 0 aromatic heterocycles. The van der Waals surface area contributed by atoms with Crippen LogP contribution in [0.1, 0.15) is 0 Å². The molecule has 4 nitrogen and oxygen atoms in total. The van der Waals surface area contributed by atoms with Crippen molar-refractivity contribution in [3.63, 3.8) is 0 Å². The molecule has 2 aromatic carbocycles. The van der Waals surface area contributed by atoms with Crippen LogP contribution < -0.4 is 13.6 Å². The van der Waals surface area contributed by atoms with Crippen molar-refractivity contribution in [2.45, 2.75) is 0 Å². The number of benzene rings is 2. The Morgan fingerprint density at radius 1 is 0.824 bits per heavy atom. The van der Waals surface area contributed by atoms with Crippen LogP contribution in [-0.4, -0.2) is 0 Å². The van der Waals surface area contributed by atoms with E-state index in [2.05, 4.69) is 0 Å². The Morgan fingerprint density at radius 3 is 1.94 bits per heavy atom. The van der Waals surface area contributed by atoms with Gasteiger partial charge in [0, 0.05) is 0 Å². The van der Waals surface area contributed by atoms with E-state index in [1.54, 1.807) is 48.5 Å². The maximum Gasteiger partial charge on any atom is 0.647 e. The highest BCUT2D eigenvalue weighted by Gasteiger charge is 2.40. The van der Waals surface area contributed by atoms with Gasteiger partial charge < -0.3 is 13.6 Å². The van der Waals surface area contributed by atoms with Crippen LogP contribution in [0.15, 0.2) is 54.6 Å². The zero-order chi connectivity index (χ0) is 11.7. The summed E-state index contributed by atoms with van der Waals surface area (Å²) in [7, 11) is -3.57. The molecular weight excluding hydrogens is 239 g/mol. The van der Waals surface area contributed by atoms with E-state index in [1.165, 1.54) is 0 Å². The summed E-state index contributed by atoms with van der Waals surface area (Å²) in [6.07, 6.45) is 0. The van der Waals surface area contributed by atoms with Crippen molar-refractivity contribution in [1.29, 1.82) is 0 Å². The van der Waals surface area contributed by atoms with Gasteiger partial charge in [0.05, 0.1) is 0 Å². The maximum atomic E-state index is 12.2. The summed E-state index contributed by atoms with van der Waals surface area (Å²) < 4.78 is 27.8. The van der Waals surface area contributed by atoms with Crippen molar-refractivity contribution < 1.29 is 18.1 Å². The minimum Gasteiger partial charge on any atom is -0.386 e. The zero-order valence-electron chi connectivity index (χ0n) is 8.78. The molecule has 5 heteroatoms. The largest absolute Gasteiger partial charge is 0.647 e. The summed E-state index contributed by atoms with van der Waals surface area (Å²) in [6.45, 7) is 0. The second-order valence-electron chi connectivity index (χ2n) is 3.48. The number of hydrogen-bond donors (Lipinski definition) is 0. The minimum atomic E-state index is -3.57. The first-order valence-electron chi connectivity index (χ1n) is 5.08. The van der Waals surface area contributed by atoms with E-state index in [0.717, 1.165) is 0 Å². The lowest BCUT2D eigenvalue weighted by Gasteiger charge is -2.10. The first kappa shape index (κ1) is 10.2. The Labute approximate surface area is 98.4 Å². The first-order valence-corrected chi connectivity index (χ1v) is 6.54. The summed E-state index contributed by atoms with van der Waals surface area (Å²) in [5, 5.41) is 0. The molecule has 1 aliphatic heterocycles. The second-order valence-corrected chi connectivity index (χ2v) is 4.92. The predicted molar refractivity (Wildman–Crippen MR) is 62.4 cm³/mol. The number of para-hydroxylation sites is 3. The van der Waals surface area contributed by atoms with Crippen molar-refractivity contribution in [3.05, 3.63) is 54.6 Å². The number of hydrogen-bond acceptors (Lipinski definition) is 4. The van der Waals surface area contributed by atoms with Crippen molar-refractivity contribution in [2.24, 2.45) is 0 Å². The molecule has 0 amide bonds. The molecule has 3 rings (SSSR count). The molecule has 0 unspecified atom stereocenters. The van der Waals surface area contributed by atoms with Crippen LogP contribution >= 0.6 is 7.82 Å². The van der Waals surface area contributed by atoms with E-state index in [4.69, 9.17) is 13.6 Å². The average Bonchev–Trinajstić information content (AvgIpc) is 2.66. The topological polar surface area (TPSA) is 44.8 Å². The van der Waals surface area contributed by atoms with Crippen LogP contribution in [0.5, 0.6) is 17.2 Å². The third-order valence-corrected chi connectivity index (χ3v) is 3.50. The number of phosphoric acid groups is 1. The number of rotatable bonds is 2. The third kappa shape index (κ3) is 1.99. The highest BCUT2D eigenvalue weighted by molar-refractivity contribution is 7.50. The summed E-state index contributed by atoms with van der Waals surface area (Å²) in [5.74, 6) is 1.32. The second kappa shape index (κ2) is 3.82.